The lowest BCUT2D eigenvalue weighted by molar-refractivity contribution is 0.669. The Morgan fingerprint density at radius 1 is 0.218 bits per heavy atom. The monoisotopic (exact) mass is 1320 g/mol. The van der Waals surface area contributed by atoms with E-state index in [1.54, 1.807) is 0 Å². The molecule has 17 aromatic carbocycles. The minimum absolute atomic E-state index is 0.877. The highest BCUT2D eigenvalue weighted by Gasteiger charge is 2.26. The van der Waals surface area contributed by atoms with Crippen molar-refractivity contribution in [3.05, 3.63) is 328 Å². The predicted molar refractivity (Wildman–Crippen MR) is 430 cm³/mol. The van der Waals surface area contributed by atoms with Gasteiger partial charge in [0.2, 0.25) is 0 Å². The molecule has 0 radical (unpaired) electrons. The van der Waals surface area contributed by atoms with Crippen LogP contribution in [0.3, 0.4) is 0 Å². The molecule has 0 unspecified atom stereocenters. The number of hydrogen-bond donors (Lipinski definition) is 0. The molecule has 0 aliphatic rings. The second-order valence-corrected chi connectivity index (χ2v) is 28.6. The molecule has 0 bridgehead atoms. The molecule has 0 fully saturated rings. The summed E-state index contributed by atoms with van der Waals surface area (Å²) in [5.41, 5.74) is 18.9. The number of benzene rings is 17. The first kappa shape index (κ1) is 56.3. The Morgan fingerprint density at radius 2 is 0.663 bits per heavy atom. The van der Waals surface area contributed by atoms with E-state index in [4.69, 9.17) is 13.3 Å². The van der Waals surface area contributed by atoms with E-state index in [1.807, 2.05) is 34.8 Å². The van der Waals surface area contributed by atoms with Gasteiger partial charge in [-0.05, 0) is 192 Å². The van der Waals surface area contributed by atoms with Crippen molar-refractivity contribution in [2.45, 2.75) is 0 Å². The number of furan rings is 3. The number of thiophene rings is 2. The molecule has 0 spiro atoms. The van der Waals surface area contributed by atoms with Gasteiger partial charge >= 0.3 is 0 Å². The van der Waals surface area contributed by atoms with Crippen molar-refractivity contribution < 1.29 is 13.3 Å². The van der Waals surface area contributed by atoms with Gasteiger partial charge < -0.3 is 23.1 Å². The zero-order chi connectivity index (χ0) is 66.0. The first-order valence-electron chi connectivity index (χ1n) is 34.3. The molecule has 0 amide bonds. The Hall–Kier alpha value is -12.8. The SMILES string of the molecule is c1ccc(N(c2ccc(-c3ccc4c(c3)oc3ccccc34)cc2)c2cccc3c2sc2ccc4c(oc5ccc6cc(-c7ccc8c(N(c9ccc(-c%10cccc%11ccccc%10%11)cc9)c9cccc%10c9sc9ccc%11c(oc%12ccc%13ccccc%13c%12%11)c9%10)cccc8c7)ccc6c54)c23)cc1. The molecule has 0 aliphatic carbocycles. The quantitative estimate of drug-likeness (QED) is 0.144. The molecule has 5 heterocycles. The summed E-state index contributed by atoms with van der Waals surface area (Å²) in [5, 5.41) is 21.0. The van der Waals surface area contributed by atoms with E-state index in [0.717, 1.165) is 155 Å². The fraction of sp³-hybridized carbons (Fsp3) is 0. The van der Waals surface area contributed by atoms with Crippen molar-refractivity contribution in [2.24, 2.45) is 0 Å². The number of hydrogen-bond acceptors (Lipinski definition) is 7. The van der Waals surface area contributed by atoms with E-state index >= 15 is 0 Å². The van der Waals surface area contributed by atoms with Crippen molar-refractivity contribution in [3.63, 3.8) is 0 Å². The highest BCUT2D eigenvalue weighted by Crippen LogP contribution is 2.52. The molecule has 0 atom stereocenters. The molecule has 22 aromatic rings. The maximum Gasteiger partial charge on any atom is 0.144 e. The van der Waals surface area contributed by atoms with Crippen LogP contribution in [0.1, 0.15) is 0 Å². The summed E-state index contributed by atoms with van der Waals surface area (Å²) in [6, 6.07) is 119. The minimum atomic E-state index is 0.877. The molecular formula is C94H54N2O3S2. The minimum Gasteiger partial charge on any atom is -0.456 e. The van der Waals surface area contributed by atoms with E-state index < -0.39 is 0 Å². The summed E-state index contributed by atoms with van der Waals surface area (Å²) in [4.78, 5) is 4.86. The third kappa shape index (κ3) is 8.61. The van der Waals surface area contributed by atoms with Crippen LogP contribution in [0, 0.1) is 0 Å². The van der Waals surface area contributed by atoms with Crippen LogP contribution in [0.15, 0.2) is 341 Å². The third-order valence-corrected chi connectivity index (χ3v) is 23.4. The molecule has 101 heavy (non-hydrogen) atoms. The van der Waals surface area contributed by atoms with Crippen LogP contribution in [0.25, 0.3) is 183 Å². The van der Waals surface area contributed by atoms with E-state index in [2.05, 4.69) is 325 Å². The largest absolute Gasteiger partial charge is 0.456 e. The first-order valence-corrected chi connectivity index (χ1v) is 35.9. The molecule has 0 saturated heterocycles. The predicted octanol–water partition coefficient (Wildman–Crippen LogP) is 28.7. The Kier molecular flexibility index (Phi) is 12.2. The van der Waals surface area contributed by atoms with E-state index in [-0.39, 0.29) is 0 Å². The Balaban J connectivity index is 0.636. The average molecular weight is 1320 g/mol. The van der Waals surface area contributed by atoms with Gasteiger partial charge in [0.15, 0.2) is 0 Å². The molecule has 22 rings (SSSR count). The lowest BCUT2D eigenvalue weighted by Gasteiger charge is -2.28. The highest BCUT2D eigenvalue weighted by molar-refractivity contribution is 7.27. The van der Waals surface area contributed by atoms with Gasteiger partial charge in [0.25, 0.3) is 0 Å². The van der Waals surface area contributed by atoms with Gasteiger partial charge in [0.1, 0.15) is 33.5 Å². The standard InChI is InChI=1S/C94H54N2O3S2/c1-2-18-64(19-3-1)95(65-39-30-55(31-40-65)61-36-45-73-72-22-8-9-29-81(72)97-84(73)54-61)79-27-12-24-76-89-85(100-93(76)79)51-47-75-88-71-44-35-60(53-63(71)38-49-83(88)99-92(75)89)59-34-43-69-62(52-59)17-11-26-78(69)96(66-41-32-58(33-42-66)68-23-10-16-56-14-4-6-20-67(56)68)80-28-13-25-77-90-86(101-94(77)80)50-46-74-87-70-21-7-5-15-57(70)37-48-82(87)98-91(74)90/h1-54H. The molecule has 7 heteroatoms. The van der Waals surface area contributed by atoms with Gasteiger partial charge in [-0.15, -0.1) is 22.7 Å². The van der Waals surface area contributed by atoms with Crippen LogP contribution in [0.2, 0.25) is 0 Å². The van der Waals surface area contributed by atoms with Gasteiger partial charge in [0.05, 0.1) is 26.5 Å². The molecular weight excluding hydrogens is 1270 g/mol. The van der Waals surface area contributed by atoms with Crippen molar-refractivity contribution in [1.29, 1.82) is 0 Å². The average Bonchev–Trinajstić information content (AvgIpc) is 1.57. The summed E-state index contributed by atoms with van der Waals surface area (Å²) in [7, 11) is 0. The molecule has 0 saturated carbocycles. The molecule has 5 aromatic heterocycles. The number of fused-ring (bicyclic) bond motifs is 23. The molecule has 470 valence electrons. The van der Waals surface area contributed by atoms with Crippen molar-refractivity contribution in [1.82, 2.24) is 0 Å². The first-order chi connectivity index (χ1) is 50.0. The topological polar surface area (TPSA) is 45.9 Å². The number of nitrogens with zero attached hydrogens (tertiary/aromatic N) is 2. The van der Waals surface area contributed by atoms with Crippen LogP contribution in [-0.2, 0) is 0 Å². The molecule has 0 N–H and O–H groups in total. The third-order valence-electron chi connectivity index (χ3n) is 21.0. The summed E-state index contributed by atoms with van der Waals surface area (Å²) in [6.07, 6.45) is 0. The summed E-state index contributed by atoms with van der Waals surface area (Å²) in [6.45, 7) is 0. The van der Waals surface area contributed by atoms with E-state index in [1.165, 1.54) is 62.2 Å². The maximum atomic E-state index is 7.07. The van der Waals surface area contributed by atoms with Crippen molar-refractivity contribution >= 4 is 206 Å². The summed E-state index contributed by atoms with van der Waals surface area (Å²) < 4.78 is 25.1. The zero-order valence-corrected chi connectivity index (χ0v) is 55.7. The van der Waals surface area contributed by atoms with Gasteiger partial charge in [-0.1, -0.05) is 206 Å². The molecule has 0 aliphatic heterocycles. The van der Waals surface area contributed by atoms with Crippen molar-refractivity contribution in [2.75, 3.05) is 9.80 Å². The van der Waals surface area contributed by atoms with Crippen LogP contribution < -0.4 is 9.80 Å². The van der Waals surface area contributed by atoms with Crippen LogP contribution in [-0.4, -0.2) is 0 Å². The van der Waals surface area contributed by atoms with Gasteiger partial charge in [0, 0.05) is 85.7 Å². The Bertz CT molecular complexity index is 7210. The second kappa shape index (κ2) is 21.9. The summed E-state index contributed by atoms with van der Waals surface area (Å²) in [5.74, 6) is 0. The van der Waals surface area contributed by atoms with Gasteiger partial charge in [-0.3, -0.25) is 0 Å². The maximum absolute atomic E-state index is 7.07. The van der Waals surface area contributed by atoms with Crippen molar-refractivity contribution in [3.8, 4) is 33.4 Å². The smallest absolute Gasteiger partial charge is 0.144 e. The number of anilines is 6. The van der Waals surface area contributed by atoms with E-state index in [9.17, 15) is 0 Å². The van der Waals surface area contributed by atoms with Gasteiger partial charge in [-0.25, -0.2) is 0 Å². The van der Waals surface area contributed by atoms with Crippen LogP contribution >= 0.6 is 22.7 Å². The fourth-order valence-corrected chi connectivity index (χ4v) is 18.8. The lowest BCUT2D eigenvalue weighted by Crippen LogP contribution is -2.10. The second-order valence-electron chi connectivity index (χ2n) is 26.5. The lowest BCUT2D eigenvalue weighted by atomic mass is 9.96. The number of rotatable bonds is 9. The summed E-state index contributed by atoms with van der Waals surface area (Å²) >= 11 is 3.65. The van der Waals surface area contributed by atoms with Gasteiger partial charge in [-0.2, -0.15) is 0 Å². The van der Waals surface area contributed by atoms with Crippen LogP contribution in [0.5, 0.6) is 0 Å². The Labute approximate surface area is 586 Å². The zero-order valence-electron chi connectivity index (χ0n) is 54.1. The molecule has 5 nitrogen and oxygen atoms in total. The normalized spacial score (nSPS) is 12.2. The number of para-hydroxylation sites is 2. The Morgan fingerprint density at radius 3 is 1.36 bits per heavy atom. The van der Waals surface area contributed by atoms with Crippen LogP contribution in [0.4, 0.5) is 34.1 Å². The fourth-order valence-electron chi connectivity index (χ4n) is 16.4. The highest BCUT2D eigenvalue weighted by atomic mass is 32.1. The van der Waals surface area contributed by atoms with E-state index in [0.29, 0.717) is 0 Å².